The van der Waals surface area contributed by atoms with Gasteiger partial charge in [0.2, 0.25) is 5.78 Å². The molecule has 0 saturated carbocycles. The van der Waals surface area contributed by atoms with Crippen molar-refractivity contribution in [3.05, 3.63) is 62.0 Å². The molecule has 1 atom stereocenters. The van der Waals surface area contributed by atoms with Crippen LogP contribution in [0.4, 0.5) is 5.69 Å². The first kappa shape index (κ1) is 17.4. The Balaban J connectivity index is 2.09. The molecule has 2 aromatic rings. The lowest BCUT2D eigenvalue weighted by Crippen LogP contribution is -2.29. The molecule has 0 bridgehead atoms. The van der Waals surface area contributed by atoms with Gasteiger partial charge in [0.1, 0.15) is 6.04 Å². The first-order chi connectivity index (χ1) is 11.6. The molecule has 0 aliphatic carbocycles. The Morgan fingerprint density at radius 3 is 2.54 bits per heavy atom. The van der Waals surface area contributed by atoms with E-state index < -0.39 is 11.8 Å². The van der Waals surface area contributed by atoms with Crippen molar-refractivity contribution in [1.82, 2.24) is 0 Å². The highest BCUT2D eigenvalue weighted by atomic mass is 79.9. The largest absolute Gasteiger partial charge is 0.351 e. The van der Waals surface area contributed by atoms with Crippen molar-refractivity contribution in [2.75, 3.05) is 4.90 Å². The van der Waals surface area contributed by atoms with E-state index in [-0.39, 0.29) is 0 Å². The summed E-state index contributed by atoms with van der Waals surface area (Å²) in [5, 5.41) is 0. The number of aldehydes is 1. The van der Waals surface area contributed by atoms with Crippen LogP contribution < -0.4 is 4.90 Å². The van der Waals surface area contributed by atoms with E-state index in [1.54, 1.807) is 0 Å². The topological polar surface area (TPSA) is 37.4 Å². The molecule has 0 N–H and O–H groups in total. The van der Waals surface area contributed by atoms with Crippen molar-refractivity contribution >= 4 is 49.6 Å². The highest BCUT2D eigenvalue weighted by Crippen LogP contribution is 2.44. The number of benzene rings is 2. The maximum atomic E-state index is 12.3. The fourth-order valence-corrected chi connectivity index (χ4v) is 5.03. The minimum atomic E-state index is -0.566. The number of hydrogen-bond acceptors (Lipinski definition) is 3. The number of carbonyl (C=O) groups excluding carboxylic acids is 2. The van der Waals surface area contributed by atoms with Gasteiger partial charge in [-0.05, 0) is 67.1 Å². The maximum Gasteiger partial charge on any atom is 0.222 e. The first-order valence-electron chi connectivity index (χ1n) is 7.88. The summed E-state index contributed by atoms with van der Waals surface area (Å²) in [5.41, 5.74) is 4.13. The van der Waals surface area contributed by atoms with E-state index in [1.807, 2.05) is 29.2 Å². The molecule has 1 aliphatic heterocycles. The third-order valence-electron chi connectivity index (χ3n) is 4.29. The number of aryl methyl sites for hydroxylation is 1. The second-order valence-corrected chi connectivity index (χ2v) is 7.62. The van der Waals surface area contributed by atoms with Crippen LogP contribution in [0.15, 0.2) is 45.3 Å². The SMILES string of the molecule is CCCc1cc(Br)c(N2Cc3ccccc3C2C(=O)C=O)c(Br)c1. The summed E-state index contributed by atoms with van der Waals surface area (Å²) in [6, 6.07) is 11.4. The Kier molecular flexibility index (Phi) is 5.21. The van der Waals surface area contributed by atoms with E-state index in [4.69, 9.17) is 0 Å². The normalized spacial score (nSPS) is 16.1. The van der Waals surface area contributed by atoms with Crippen LogP contribution in [0.3, 0.4) is 0 Å². The van der Waals surface area contributed by atoms with Gasteiger partial charge in [0, 0.05) is 15.5 Å². The van der Waals surface area contributed by atoms with E-state index in [2.05, 4.69) is 50.9 Å². The minimum absolute atomic E-state index is 0.420. The zero-order chi connectivity index (χ0) is 17.3. The van der Waals surface area contributed by atoms with Crippen LogP contribution in [0.1, 0.15) is 36.1 Å². The summed E-state index contributed by atoms with van der Waals surface area (Å²) in [5.74, 6) is -0.420. The lowest BCUT2D eigenvalue weighted by Gasteiger charge is -2.27. The Bertz CT molecular complexity index is 781. The molecular formula is C19H17Br2NO2. The number of carbonyl (C=O) groups is 2. The molecule has 1 unspecified atom stereocenters. The monoisotopic (exact) mass is 449 g/mol. The Hall–Kier alpha value is -1.46. The lowest BCUT2D eigenvalue weighted by molar-refractivity contribution is -0.130. The van der Waals surface area contributed by atoms with Crippen molar-refractivity contribution in [2.24, 2.45) is 0 Å². The fourth-order valence-electron chi connectivity index (χ4n) is 3.29. The van der Waals surface area contributed by atoms with Crippen LogP contribution in [0.2, 0.25) is 0 Å². The molecule has 5 heteroatoms. The summed E-state index contributed by atoms with van der Waals surface area (Å²) in [6.45, 7) is 2.75. The second kappa shape index (κ2) is 7.19. The molecule has 2 aromatic carbocycles. The minimum Gasteiger partial charge on any atom is -0.351 e. The van der Waals surface area contributed by atoms with Gasteiger partial charge in [-0.3, -0.25) is 9.59 Å². The second-order valence-electron chi connectivity index (χ2n) is 5.91. The van der Waals surface area contributed by atoms with E-state index in [1.165, 1.54) is 5.56 Å². The van der Waals surface area contributed by atoms with Crippen molar-refractivity contribution in [3.63, 3.8) is 0 Å². The third-order valence-corrected chi connectivity index (χ3v) is 5.50. The van der Waals surface area contributed by atoms with Crippen molar-refractivity contribution in [1.29, 1.82) is 0 Å². The summed E-state index contributed by atoms with van der Waals surface area (Å²) in [7, 11) is 0. The number of halogens is 2. The zero-order valence-corrected chi connectivity index (χ0v) is 16.4. The number of fused-ring (bicyclic) bond motifs is 1. The summed E-state index contributed by atoms with van der Waals surface area (Å²) < 4.78 is 1.86. The lowest BCUT2D eigenvalue weighted by atomic mass is 10.0. The molecule has 1 heterocycles. The predicted octanol–water partition coefficient (Wildman–Crippen LogP) is 4.99. The Morgan fingerprint density at radius 1 is 1.25 bits per heavy atom. The Labute approximate surface area is 158 Å². The van der Waals surface area contributed by atoms with Gasteiger partial charge in [-0.2, -0.15) is 0 Å². The number of hydrogen-bond donors (Lipinski definition) is 0. The highest BCUT2D eigenvalue weighted by molar-refractivity contribution is 9.11. The zero-order valence-electron chi connectivity index (χ0n) is 13.3. The number of Topliss-reactive ketones (excluding diaryl/α,β-unsaturated/α-hetero) is 1. The van der Waals surface area contributed by atoms with Crippen LogP contribution in [-0.4, -0.2) is 12.1 Å². The molecule has 0 saturated heterocycles. The molecule has 0 aromatic heterocycles. The Morgan fingerprint density at radius 2 is 1.92 bits per heavy atom. The summed E-state index contributed by atoms with van der Waals surface area (Å²) >= 11 is 7.30. The number of nitrogens with zero attached hydrogens (tertiary/aromatic N) is 1. The average Bonchev–Trinajstić information content (AvgIpc) is 2.92. The average molecular weight is 451 g/mol. The van der Waals surface area contributed by atoms with Gasteiger partial charge in [0.15, 0.2) is 6.29 Å². The molecule has 0 fully saturated rings. The standard InChI is InChI=1S/C19H17Br2NO2/c1-2-5-12-8-15(20)19(16(21)9-12)22-10-13-6-3-4-7-14(13)18(22)17(24)11-23/h3-4,6-9,11,18H,2,5,10H2,1H3. The first-order valence-corrected chi connectivity index (χ1v) is 9.46. The van der Waals surface area contributed by atoms with E-state index in [0.717, 1.165) is 38.6 Å². The number of anilines is 1. The van der Waals surface area contributed by atoms with Gasteiger partial charge in [0.25, 0.3) is 0 Å². The molecule has 1 aliphatic rings. The predicted molar refractivity (Wildman–Crippen MR) is 102 cm³/mol. The smallest absolute Gasteiger partial charge is 0.222 e. The number of rotatable bonds is 5. The van der Waals surface area contributed by atoms with Gasteiger partial charge in [0.05, 0.1) is 5.69 Å². The van der Waals surface area contributed by atoms with Crippen LogP contribution in [-0.2, 0) is 22.6 Å². The third kappa shape index (κ3) is 3.07. The molecule has 0 radical (unpaired) electrons. The van der Waals surface area contributed by atoms with Crippen LogP contribution in [0.5, 0.6) is 0 Å². The molecular weight excluding hydrogens is 434 g/mol. The molecule has 24 heavy (non-hydrogen) atoms. The van der Waals surface area contributed by atoms with Crippen LogP contribution in [0.25, 0.3) is 0 Å². The fraction of sp³-hybridized carbons (Fsp3) is 0.263. The molecule has 124 valence electrons. The van der Waals surface area contributed by atoms with E-state index in [0.29, 0.717) is 12.8 Å². The van der Waals surface area contributed by atoms with Crippen molar-refractivity contribution in [2.45, 2.75) is 32.4 Å². The van der Waals surface area contributed by atoms with Gasteiger partial charge in [-0.25, -0.2) is 0 Å². The summed E-state index contributed by atoms with van der Waals surface area (Å²) in [4.78, 5) is 25.5. The van der Waals surface area contributed by atoms with Gasteiger partial charge >= 0.3 is 0 Å². The molecule has 3 rings (SSSR count). The molecule has 0 spiro atoms. The van der Waals surface area contributed by atoms with Crippen LogP contribution >= 0.6 is 31.9 Å². The molecule has 3 nitrogen and oxygen atoms in total. The van der Waals surface area contributed by atoms with Gasteiger partial charge < -0.3 is 4.90 Å². The van der Waals surface area contributed by atoms with Gasteiger partial charge in [-0.1, -0.05) is 37.6 Å². The number of ketones is 1. The van der Waals surface area contributed by atoms with Crippen LogP contribution in [0, 0.1) is 0 Å². The summed E-state index contributed by atoms with van der Waals surface area (Å²) in [6.07, 6.45) is 2.49. The van der Waals surface area contributed by atoms with Gasteiger partial charge in [-0.15, -0.1) is 0 Å². The maximum absolute atomic E-state index is 12.3. The van der Waals surface area contributed by atoms with E-state index in [9.17, 15) is 9.59 Å². The van der Waals surface area contributed by atoms with E-state index >= 15 is 0 Å². The van der Waals surface area contributed by atoms with Crippen molar-refractivity contribution < 1.29 is 9.59 Å². The quantitative estimate of drug-likeness (QED) is 0.475. The van der Waals surface area contributed by atoms with Crippen molar-refractivity contribution in [3.8, 4) is 0 Å². The molecule has 0 amide bonds. The highest BCUT2D eigenvalue weighted by Gasteiger charge is 2.36.